The molecule has 1 atom stereocenters. The molecule has 0 spiro atoms. The number of carbonyl (C=O) groups excluding carboxylic acids is 1. The summed E-state index contributed by atoms with van der Waals surface area (Å²) in [5, 5.41) is 11.1. The van der Waals surface area contributed by atoms with Gasteiger partial charge in [-0.2, -0.15) is 13.9 Å². The van der Waals surface area contributed by atoms with E-state index in [0.29, 0.717) is 5.82 Å². The predicted octanol–water partition coefficient (Wildman–Crippen LogP) is 2.11. The molecule has 2 amide bonds. The Kier molecular flexibility index (Phi) is 5.39. The van der Waals surface area contributed by atoms with Gasteiger partial charge in [0.2, 0.25) is 0 Å². The van der Waals surface area contributed by atoms with E-state index < -0.39 is 24.5 Å². The molecule has 1 heterocycles. The highest BCUT2D eigenvalue weighted by molar-refractivity contribution is 5.74. The van der Waals surface area contributed by atoms with E-state index in [-0.39, 0.29) is 17.9 Å². The van der Waals surface area contributed by atoms with Crippen LogP contribution < -0.4 is 15.4 Å². The van der Waals surface area contributed by atoms with E-state index in [4.69, 9.17) is 0 Å². The highest BCUT2D eigenvalue weighted by Crippen LogP contribution is 2.23. The average Bonchev–Trinajstić information content (AvgIpc) is 3.00. The number of aromatic amines is 1. The van der Waals surface area contributed by atoms with E-state index in [2.05, 4.69) is 30.6 Å². The third-order valence-electron chi connectivity index (χ3n) is 2.91. The normalized spacial score (nSPS) is 12.0. The summed E-state index contributed by atoms with van der Waals surface area (Å²) in [5.74, 6) is -0.650. The standard InChI is InChI=1S/C13H14F3N5O2/c1-7(11-18-6-19-21-11)20-13(22)17-5-8-9(14)3-2-4-10(8)23-12(15)16/h2-4,6-7,12H,5H2,1H3,(H2,17,20,22)(H,18,19,21)/t7-/m1/s1. The number of hydrogen-bond acceptors (Lipinski definition) is 4. The lowest BCUT2D eigenvalue weighted by Gasteiger charge is -2.14. The first-order valence-electron chi connectivity index (χ1n) is 6.59. The number of amides is 2. The van der Waals surface area contributed by atoms with Gasteiger partial charge in [-0.1, -0.05) is 6.07 Å². The second-order valence-electron chi connectivity index (χ2n) is 4.51. The first-order chi connectivity index (χ1) is 11.0. The van der Waals surface area contributed by atoms with Crippen LogP contribution in [0.1, 0.15) is 24.4 Å². The number of carbonyl (C=O) groups is 1. The minimum atomic E-state index is -3.09. The molecule has 0 fully saturated rings. The zero-order chi connectivity index (χ0) is 16.8. The van der Waals surface area contributed by atoms with Crippen LogP contribution in [0.4, 0.5) is 18.0 Å². The number of nitrogens with one attached hydrogen (secondary N) is 3. The molecule has 0 unspecified atom stereocenters. The molecular weight excluding hydrogens is 315 g/mol. The van der Waals surface area contributed by atoms with Gasteiger partial charge in [-0.25, -0.2) is 14.2 Å². The molecule has 7 nitrogen and oxygen atoms in total. The van der Waals surface area contributed by atoms with Crippen LogP contribution in [0, 0.1) is 5.82 Å². The van der Waals surface area contributed by atoms with Crippen molar-refractivity contribution in [2.75, 3.05) is 0 Å². The first kappa shape index (κ1) is 16.6. The Hall–Kier alpha value is -2.78. The van der Waals surface area contributed by atoms with Gasteiger partial charge in [-0.05, 0) is 19.1 Å². The van der Waals surface area contributed by atoms with Crippen molar-refractivity contribution in [1.29, 1.82) is 0 Å². The van der Waals surface area contributed by atoms with Gasteiger partial charge < -0.3 is 15.4 Å². The number of aromatic nitrogens is 3. The smallest absolute Gasteiger partial charge is 0.387 e. The summed E-state index contributed by atoms with van der Waals surface area (Å²) in [6, 6.07) is 2.43. The van der Waals surface area contributed by atoms with Crippen molar-refractivity contribution in [3.63, 3.8) is 0 Å². The van der Waals surface area contributed by atoms with Crippen molar-refractivity contribution in [3.05, 3.63) is 41.7 Å². The van der Waals surface area contributed by atoms with Gasteiger partial charge in [0.1, 0.15) is 23.7 Å². The monoisotopic (exact) mass is 329 g/mol. The number of rotatable bonds is 6. The summed E-state index contributed by atoms with van der Waals surface area (Å²) in [4.78, 5) is 15.6. The zero-order valence-electron chi connectivity index (χ0n) is 12.0. The van der Waals surface area contributed by atoms with Crippen molar-refractivity contribution in [2.45, 2.75) is 26.1 Å². The lowest BCUT2D eigenvalue weighted by Crippen LogP contribution is -2.37. The quantitative estimate of drug-likeness (QED) is 0.757. The van der Waals surface area contributed by atoms with Gasteiger partial charge in [0.15, 0.2) is 0 Å². The van der Waals surface area contributed by atoms with Gasteiger partial charge in [-0.3, -0.25) is 5.10 Å². The zero-order valence-corrected chi connectivity index (χ0v) is 12.0. The minimum absolute atomic E-state index is 0.171. The lowest BCUT2D eigenvalue weighted by molar-refractivity contribution is -0.0506. The summed E-state index contributed by atoms with van der Waals surface area (Å²) in [6.45, 7) is -1.74. The Morgan fingerprint density at radius 2 is 2.22 bits per heavy atom. The Morgan fingerprint density at radius 3 is 2.87 bits per heavy atom. The third-order valence-corrected chi connectivity index (χ3v) is 2.91. The molecule has 0 aliphatic rings. The molecule has 2 rings (SSSR count). The number of hydrogen-bond donors (Lipinski definition) is 3. The fourth-order valence-electron chi connectivity index (χ4n) is 1.83. The number of ether oxygens (including phenoxy) is 1. The molecular formula is C13H14F3N5O2. The maximum absolute atomic E-state index is 13.7. The highest BCUT2D eigenvalue weighted by atomic mass is 19.3. The molecule has 23 heavy (non-hydrogen) atoms. The molecule has 10 heteroatoms. The van der Waals surface area contributed by atoms with Crippen LogP contribution in [0.3, 0.4) is 0 Å². The largest absolute Gasteiger partial charge is 0.434 e. The van der Waals surface area contributed by atoms with Crippen LogP contribution in [-0.4, -0.2) is 27.8 Å². The molecule has 0 bridgehead atoms. The van der Waals surface area contributed by atoms with Gasteiger partial charge in [0.25, 0.3) is 0 Å². The van der Waals surface area contributed by atoms with Crippen LogP contribution in [0.5, 0.6) is 5.75 Å². The second kappa shape index (κ2) is 7.47. The van der Waals surface area contributed by atoms with Gasteiger partial charge in [0, 0.05) is 5.56 Å². The summed E-state index contributed by atoms with van der Waals surface area (Å²) >= 11 is 0. The molecule has 0 saturated carbocycles. The molecule has 0 radical (unpaired) electrons. The van der Waals surface area contributed by atoms with Crippen LogP contribution in [0.25, 0.3) is 0 Å². The molecule has 0 aliphatic carbocycles. The van der Waals surface area contributed by atoms with Crippen LogP contribution in [0.2, 0.25) is 0 Å². The molecule has 2 aromatic rings. The number of benzene rings is 1. The van der Waals surface area contributed by atoms with Crippen LogP contribution >= 0.6 is 0 Å². The molecule has 3 N–H and O–H groups in total. The summed E-state index contributed by atoms with van der Waals surface area (Å²) in [5.41, 5.74) is -0.171. The van der Waals surface area contributed by atoms with Crippen molar-refractivity contribution in [1.82, 2.24) is 25.8 Å². The van der Waals surface area contributed by atoms with Crippen LogP contribution in [0.15, 0.2) is 24.5 Å². The Morgan fingerprint density at radius 1 is 1.43 bits per heavy atom. The van der Waals surface area contributed by atoms with Crippen molar-refractivity contribution < 1.29 is 22.7 Å². The van der Waals surface area contributed by atoms with Gasteiger partial charge >= 0.3 is 12.6 Å². The Balaban J connectivity index is 1.96. The van der Waals surface area contributed by atoms with E-state index in [1.165, 1.54) is 18.5 Å². The Bertz CT molecular complexity index is 651. The summed E-state index contributed by atoms with van der Waals surface area (Å²) in [7, 11) is 0. The maximum Gasteiger partial charge on any atom is 0.387 e. The fraction of sp³-hybridized carbons (Fsp3) is 0.308. The number of urea groups is 1. The minimum Gasteiger partial charge on any atom is -0.434 e. The average molecular weight is 329 g/mol. The first-order valence-corrected chi connectivity index (χ1v) is 6.59. The van der Waals surface area contributed by atoms with E-state index in [1.54, 1.807) is 6.92 Å². The van der Waals surface area contributed by atoms with Crippen molar-refractivity contribution >= 4 is 6.03 Å². The molecule has 0 saturated heterocycles. The summed E-state index contributed by atoms with van der Waals surface area (Å²) < 4.78 is 42.5. The summed E-state index contributed by atoms with van der Waals surface area (Å²) in [6.07, 6.45) is 1.29. The molecule has 124 valence electrons. The van der Waals surface area contributed by atoms with E-state index in [9.17, 15) is 18.0 Å². The van der Waals surface area contributed by atoms with Crippen molar-refractivity contribution in [2.24, 2.45) is 0 Å². The third kappa shape index (κ3) is 4.59. The van der Waals surface area contributed by atoms with E-state index in [0.717, 1.165) is 6.07 Å². The number of halogens is 3. The predicted molar refractivity (Wildman–Crippen MR) is 73.2 cm³/mol. The number of nitrogens with zero attached hydrogens (tertiary/aromatic N) is 2. The second-order valence-corrected chi connectivity index (χ2v) is 4.51. The molecule has 1 aromatic carbocycles. The number of alkyl halides is 2. The van der Waals surface area contributed by atoms with Crippen LogP contribution in [-0.2, 0) is 6.54 Å². The SMILES string of the molecule is C[C@@H](NC(=O)NCc1c(F)cccc1OC(F)F)c1ncn[nH]1. The molecule has 1 aromatic heterocycles. The van der Waals surface area contributed by atoms with Gasteiger partial charge in [-0.15, -0.1) is 0 Å². The van der Waals surface area contributed by atoms with E-state index >= 15 is 0 Å². The number of H-pyrrole nitrogens is 1. The Labute approximate surface area is 129 Å². The lowest BCUT2D eigenvalue weighted by atomic mass is 10.2. The maximum atomic E-state index is 13.7. The highest BCUT2D eigenvalue weighted by Gasteiger charge is 2.16. The van der Waals surface area contributed by atoms with Crippen molar-refractivity contribution in [3.8, 4) is 5.75 Å². The fourth-order valence-corrected chi connectivity index (χ4v) is 1.83. The topological polar surface area (TPSA) is 91.9 Å². The molecule has 0 aliphatic heterocycles. The van der Waals surface area contributed by atoms with Gasteiger partial charge in [0.05, 0.1) is 12.6 Å². The van der Waals surface area contributed by atoms with E-state index in [1.807, 2.05) is 0 Å².